The lowest BCUT2D eigenvalue weighted by molar-refractivity contribution is -0.121. The van der Waals surface area contributed by atoms with E-state index in [9.17, 15) is 9.59 Å². The molecule has 7 heteroatoms. The predicted molar refractivity (Wildman–Crippen MR) is 123 cm³/mol. The fraction of sp³-hybridized carbons (Fsp3) is 0.200. The highest BCUT2D eigenvalue weighted by Gasteiger charge is 2.25. The monoisotopic (exact) mass is 432 g/mol. The Labute approximate surface area is 186 Å². The Morgan fingerprint density at radius 2 is 1.81 bits per heavy atom. The van der Waals surface area contributed by atoms with E-state index in [1.165, 1.54) is 4.90 Å². The molecule has 1 heterocycles. The number of rotatable bonds is 6. The van der Waals surface area contributed by atoms with Gasteiger partial charge in [0.2, 0.25) is 11.8 Å². The van der Waals surface area contributed by atoms with Crippen molar-refractivity contribution < 1.29 is 23.8 Å². The third-order valence-electron chi connectivity index (χ3n) is 5.22. The fourth-order valence-corrected chi connectivity index (χ4v) is 3.62. The topological polar surface area (TPSA) is 77.1 Å². The number of carbonyl (C=O) groups is 2. The number of hydrogen-bond acceptors (Lipinski definition) is 5. The summed E-state index contributed by atoms with van der Waals surface area (Å²) in [4.78, 5) is 26.9. The molecule has 2 amide bonds. The van der Waals surface area contributed by atoms with Crippen molar-refractivity contribution in [3.8, 4) is 28.4 Å². The Morgan fingerprint density at radius 3 is 2.56 bits per heavy atom. The van der Waals surface area contributed by atoms with E-state index in [1.54, 1.807) is 38.5 Å². The molecule has 0 saturated heterocycles. The smallest absolute Gasteiger partial charge is 0.244 e. The number of methoxy groups -OCH3 is 2. The van der Waals surface area contributed by atoms with Crippen molar-refractivity contribution in [2.75, 3.05) is 37.6 Å². The molecule has 7 nitrogen and oxygen atoms in total. The van der Waals surface area contributed by atoms with Crippen LogP contribution < -0.4 is 24.4 Å². The number of fused-ring (bicyclic) bond motifs is 1. The average molecular weight is 432 g/mol. The molecule has 0 unspecified atom stereocenters. The van der Waals surface area contributed by atoms with Gasteiger partial charge in [0.05, 0.1) is 32.9 Å². The second kappa shape index (κ2) is 9.43. The molecule has 0 saturated carbocycles. The first-order valence-electron chi connectivity index (χ1n) is 10.2. The van der Waals surface area contributed by atoms with Crippen LogP contribution in [-0.4, -0.2) is 39.2 Å². The fourth-order valence-electron chi connectivity index (χ4n) is 3.62. The number of nitrogens with zero attached hydrogens (tertiary/aromatic N) is 1. The van der Waals surface area contributed by atoms with Crippen molar-refractivity contribution in [2.24, 2.45) is 0 Å². The number of amides is 2. The van der Waals surface area contributed by atoms with Crippen molar-refractivity contribution >= 4 is 23.2 Å². The van der Waals surface area contributed by atoms with Gasteiger partial charge in [-0.2, -0.15) is 0 Å². The first-order chi connectivity index (χ1) is 15.6. The van der Waals surface area contributed by atoms with Gasteiger partial charge in [-0.3, -0.25) is 14.5 Å². The molecule has 1 aliphatic rings. The maximum atomic E-state index is 12.8. The molecule has 1 aliphatic heterocycles. The van der Waals surface area contributed by atoms with Crippen LogP contribution in [0.1, 0.15) is 6.42 Å². The third-order valence-corrected chi connectivity index (χ3v) is 5.22. The summed E-state index contributed by atoms with van der Waals surface area (Å²) < 4.78 is 16.4. The van der Waals surface area contributed by atoms with E-state index in [2.05, 4.69) is 5.32 Å². The van der Waals surface area contributed by atoms with Crippen molar-refractivity contribution in [1.82, 2.24) is 0 Å². The number of para-hydroxylation sites is 2. The highest BCUT2D eigenvalue weighted by molar-refractivity contribution is 6.04. The molecule has 0 radical (unpaired) electrons. The molecule has 0 aromatic heterocycles. The summed E-state index contributed by atoms with van der Waals surface area (Å²) in [5.41, 5.74) is 2.96. The van der Waals surface area contributed by atoms with Crippen molar-refractivity contribution in [3.63, 3.8) is 0 Å². The third kappa shape index (κ3) is 4.51. The first-order valence-corrected chi connectivity index (χ1v) is 10.2. The van der Waals surface area contributed by atoms with Crippen molar-refractivity contribution in [3.05, 3.63) is 66.7 Å². The molecule has 0 atom stereocenters. The largest absolute Gasteiger partial charge is 0.497 e. The minimum Gasteiger partial charge on any atom is -0.497 e. The maximum Gasteiger partial charge on any atom is 0.244 e. The SMILES string of the molecule is COc1ccc(-c2cc(NC(=O)CN3C(=O)CCOc4ccccc43)ccc2OC)cc1. The molecule has 0 fully saturated rings. The zero-order valence-electron chi connectivity index (χ0n) is 18.0. The minimum atomic E-state index is -0.305. The molecule has 0 aliphatic carbocycles. The van der Waals surface area contributed by atoms with Gasteiger partial charge in [-0.05, 0) is 48.0 Å². The number of hydrogen-bond donors (Lipinski definition) is 1. The quantitative estimate of drug-likeness (QED) is 0.634. The summed E-state index contributed by atoms with van der Waals surface area (Å²) in [5, 5.41) is 2.89. The zero-order valence-corrected chi connectivity index (χ0v) is 18.0. The maximum absolute atomic E-state index is 12.8. The van der Waals surface area contributed by atoms with Crippen LogP contribution in [-0.2, 0) is 9.59 Å². The lowest BCUT2D eigenvalue weighted by Gasteiger charge is -2.21. The summed E-state index contributed by atoms with van der Waals surface area (Å²) in [6.45, 7) is 0.181. The first kappa shape index (κ1) is 21.2. The van der Waals surface area contributed by atoms with Crippen LogP contribution >= 0.6 is 0 Å². The van der Waals surface area contributed by atoms with Crippen LogP contribution in [0.5, 0.6) is 17.2 Å². The molecule has 3 aromatic carbocycles. The van der Waals surface area contributed by atoms with Crippen LogP contribution in [0, 0.1) is 0 Å². The summed E-state index contributed by atoms with van der Waals surface area (Å²) in [6.07, 6.45) is 0.214. The van der Waals surface area contributed by atoms with Gasteiger partial charge in [0.1, 0.15) is 23.8 Å². The van der Waals surface area contributed by atoms with E-state index < -0.39 is 0 Å². The summed E-state index contributed by atoms with van der Waals surface area (Å²) >= 11 is 0. The number of nitrogens with one attached hydrogen (secondary N) is 1. The predicted octanol–water partition coefficient (Wildman–Crippen LogP) is 4.13. The second-order valence-electron chi connectivity index (χ2n) is 7.24. The number of carbonyl (C=O) groups excluding carboxylic acids is 2. The van der Waals surface area contributed by atoms with Gasteiger partial charge in [-0.25, -0.2) is 0 Å². The molecule has 32 heavy (non-hydrogen) atoms. The molecule has 164 valence electrons. The van der Waals surface area contributed by atoms with E-state index in [1.807, 2.05) is 42.5 Å². The Morgan fingerprint density at radius 1 is 1.03 bits per heavy atom. The van der Waals surface area contributed by atoms with Crippen molar-refractivity contribution in [1.29, 1.82) is 0 Å². The molecular formula is C25H24N2O5. The van der Waals surface area contributed by atoms with E-state index in [0.717, 1.165) is 16.9 Å². The summed E-state index contributed by atoms with van der Waals surface area (Å²) in [7, 11) is 3.22. The molecule has 0 bridgehead atoms. The molecular weight excluding hydrogens is 408 g/mol. The lowest BCUT2D eigenvalue weighted by atomic mass is 10.0. The molecule has 0 spiro atoms. The van der Waals surface area contributed by atoms with E-state index in [0.29, 0.717) is 22.9 Å². The zero-order chi connectivity index (χ0) is 22.5. The van der Waals surface area contributed by atoms with Gasteiger partial charge in [0, 0.05) is 11.3 Å². The lowest BCUT2D eigenvalue weighted by Crippen LogP contribution is -2.37. The Balaban J connectivity index is 1.55. The van der Waals surface area contributed by atoms with Gasteiger partial charge < -0.3 is 19.5 Å². The highest BCUT2D eigenvalue weighted by atomic mass is 16.5. The van der Waals surface area contributed by atoms with Crippen LogP contribution in [0.4, 0.5) is 11.4 Å². The van der Waals surface area contributed by atoms with Gasteiger partial charge in [0.15, 0.2) is 0 Å². The minimum absolute atomic E-state index is 0.108. The Kier molecular flexibility index (Phi) is 6.26. The van der Waals surface area contributed by atoms with E-state index in [-0.39, 0.29) is 31.4 Å². The van der Waals surface area contributed by atoms with Crippen LogP contribution in [0.15, 0.2) is 66.7 Å². The standard InChI is InChI=1S/C25H24N2O5/c1-30-19-10-7-17(8-11-19)20-15-18(9-12-22(20)31-2)26-24(28)16-27-21-5-3-4-6-23(21)32-14-13-25(27)29/h3-12,15H,13-14,16H2,1-2H3,(H,26,28). The van der Waals surface area contributed by atoms with E-state index >= 15 is 0 Å². The van der Waals surface area contributed by atoms with Crippen LogP contribution in [0.2, 0.25) is 0 Å². The van der Waals surface area contributed by atoms with Gasteiger partial charge in [0.25, 0.3) is 0 Å². The molecule has 3 aromatic rings. The van der Waals surface area contributed by atoms with Crippen LogP contribution in [0.3, 0.4) is 0 Å². The normalized spacial score (nSPS) is 12.9. The number of benzene rings is 3. The Hall–Kier alpha value is -4.00. The van der Waals surface area contributed by atoms with Gasteiger partial charge in [-0.1, -0.05) is 24.3 Å². The summed E-state index contributed by atoms with van der Waals surface area (Å²) in [5.74, 6) is 1.57. The number of ether oxygens (including phenoxy) is 3. The summed E-state index contributed by atoms with van der Waals surface area (Å²) in [6, 6.07) is 20.2. The van der Waals surface area contributed by atoms with Crippen LogP contribution in [0.25, 0.3) is 11.1 Å². The van der Waals surface area contributed by atoms with Crippen molar-refractivity contribution in [2.45, 2.75) is 6.42 Å². The Bertz CT molecular complexity index is 1130. The average Bonchev–Trinajstić information content (AvgIpc) is 2.97. The highest BCUT2D eigenvalue weighted by Crippen LogP contribution is 2.34. The van der Waals surface area contributed by atoms with E-state index in [4.69, 9.17) is 14.2 Å². The molecule has 1 N–H and O–H groups in total. The number of anilines is 2. The van der Waals surface area contributed by atoms with Gasteiger partial charge >= 0.3 is 0 Å². The molecule has 4 rings (SSSR count). The second-order valence-corrected chi connectivity index (χ2v) is 7.24. The van der Waals surface area contributed by atoms with Gasteiger partial charge in [-0.15, -0.1) is 0 Å².